The highest BCUT2D eigenvalue weighted by atomic mass is 19.1. The second-order valence-electron chi connectivity index (χ2n) is 5.41. The summed E-state index contributed by atoms with van der Waals surface area (Å²) in [6.07, 6.45) is 1.73. The van der Waals surface area contributed by atoms with Crippen LogP contribution in [0.3, 0.4) is 0 Å². The second kappa shape index (κ2) is 6.67. The van der Waals surface area contributed by atoms with Crippen LogP contribution in [0.4, 0.5) is 10.1 Å². The molecule has 2 amide bonds. The minimum atomic E-state index is -0.692. The van der Waals surface area contributed by atoms with Crippen molar-refractivity contribution in [2.75, 3.05) is 32.5 Å². The Morgan fingerprint density at radius 1 is 1.24 bits per heavy atom. The van der Waals surface area contributed by atoms with Crippen molar-refractivity contribution in [1.82, 2.24) is 9.80 Å². The van der Waals surface area contributed by atoms with Crippen LogP contribution in [-0.4, -0.2) is 54.8 Å². The van der Waals surface area contributed by atoms with Gasteiger partial charge in [0.2, 0.25) is 0 Å². The summed E-state index contributed by atoms with van der Waals surface area (Å²) < 4.78 is 12.8. The number of rotatable bonds is 2. The predicted molar refractivity (Wildman–Crippen MR) is 78.3 cm³/mol. The number of benzene rings is 1. The number of halogens is 1. The molecule has 1 aliphatic heterocycles. The Morgan fingerprint density at radius 3 is 2.38 bits per heavy atom. The molecule has 1 saturated heterocycles. The fraction of sp³-hybridized carbons (Fsp3) is 0.467. The molecule has 0 aliphatic carbocycles. The van der Waals surface area contributed by atoms with Crippen molar-refractivity contribution in [2.45, 2.75) is 18.9 Å². The maximum atomic E-state index is 12.8. The molecule has 0 atom stereocenters. The molecule has 2 rings (SSSR count). The van der Waals surface area contributed by atoms with Gasteiger partial charge in [-0.3, -0.25) is 9.59 Å². The Kier molecular flexibility index (Phi) is 4.90. The van der Waals surface area contributed by atoms with Crippen LogP contribution >= 0.6 is 0 Å². The van der Waals surface area contributed by atoms with E-state index >= 15 is 0 Å². The fourth-order valence-electron chi connectivity index (χ4n) is 2.43. The number of amides is 2. The summed E-state index contributed by atoms with van der Waals surface area (Å²) in [5.41, 5.74) is 0.409. The Morgan fingerprint density at radius 2 is 1.81 bits per heavy atom. The normalized spacial score (nSPS) is 16.5. The number of nitrogens with zero attached hydrogens (tertiary/aromatic N) is 2. The van der Waals surface area contributed by atoms with Crippen LogP contribution in [0.15, 0.2) is 24.3 Å². The molecule has 1 heterocycles. The lowest BCUT2D eigenvalue weighted by Crippen LogP contribution is -2.47. The van der Waals surface area contributed by atoms with Gasteiger partial charge in [0.05, 0.1) is 0 Å². The zero-order chi connectivity index (χ0) is 15.4. The average Bonchev–Trinajstić information content (AvgIpc) is 2.49. The van der Waals surface area contributed by atoms with Gasteiger partial charge in [0.25, 0.3) is 0 Å². The number of carbonyl (C=O) groups excluding carboxylic acids is 2. The van der Waals surface area contributed by atoms with Crippen molar-refractivity contribution in [2.24, 2.45) is 0 Å². The van der Waals surface area contributed by atoms with E-state index in [1.165, 1.54) is 29.2 Å². The molecular weight excluding hydrogens is 273 g/mol. The monoisotopic (exact) mass is 293 g/mol. The van der Waals surface area contributed by atoms with Gasteiger partial charge in [-0.25, -0.2) is 4.39 Å². The largest absolute Gasteiger partial charge is 0.334 e. The number of likely N-dealkylation sites (N-methyl/N-ethyl adjacent to an activating group) is 1. The van der Waals surface area contributed by atoms with Crippen LogP contribution in [0.5, 0.6) is 0 Å². The van der Waals surface area contributed by atoms with Crippen molar-refractivity contribution >= 4 is 17.5 Å². The molecule has 114 valence electrons. The molecule has 5 nitrogen and oxygen atoms in total. The van der Waals surface area contributed by atoms with E-state index < -0.39 is 11.8 Å². The third kappa shape index (κ3) is 4.01. The van der Waals surface area contributed by atoms with Crippen molar-refractivity contribution in [1.29, 1.82) is 0 Å². The molecule has 0 bridgehead atoms. The molecule has 1 fully saturated rings. The van der Waals surface area contributed by atoms with E-state index in [1.54, 1.807) is 7.05 Å². The predicted octanol–water partition coefficient (Wildman–Crippen LogP) is 1.32. The highest BCUT2D eigenvalue weighted by Gasteiger charge is 2.27. The van der Waals surface area contributed by atoms with Crippen LogP contribution in [0.2, 0.25) is 0 Å². The summed E-state index contributed by atoms with van der Waals surface area (Å²) in [6.45, 7) is 1.84. The molecule has 1 aliphatic rings. The number of likely N-dealkylation sites (tertiary alicyclic amines) is 1. The van der Waals surface area contributed by atoms with Gasteiger partial charge < -0.3 is 15.1 Å². The quantitative estimate of drug-likeness (QED) is 0.837. The van der Waals surface area contributed by atoms with Gasteiger partial charge in [0, 0.05) is 18.8 Å². The van der Waals surface area contributed by atoms with Gasteiger partial charge >= 0.3 is 11.8 Å². The third-order valence-electron chi connectivity index (χ3n) is 3.85. The minimum absolute atomic E-state index is 0.0904. The van der Waals surface area contributed by atoms with E-state index in [0.29, 0.717) is 5.69 Å². The van der Waals surface area contributed by atoms with Gasteiger partial charge in [-0.15, -0.1) is 0 Å². The number of piperidine rings is 1. The summed E-state index contributed by atoms with van der Waals surface area (Å²) in [5, 5.41) is 2.49. The topological polar surface area (TPSA) is 52.7 Å². The molecular formula is C15H20FN3O2. The van der Waals surface area contributed by atoms with Crippen molar-refractivity contribution in [3.8, 4) is 0 Å². The first-order valence-corrected chi connectivity index (χ1v) is 6.99. The molecule has 6 heteroatoms. The Hall–Kier alpha value is -1.95. The Balaban J connectivity index is 1.92. The van der Waals surface area contributed by atoms with Crippen LogP contribution in [-0.2, 0) is 9.59 Å². The van der Waals surface area contributed by atoms with E-state index in [4.69, 9.17) is 0 Å². The molecule has 0 spiro atoms. The maximum absolute atomic E-state index is 12.8. The van der Waals surface area contributed by atoms with Gasteiger partial charge in [-0.1, -0.05) is 0 Å². The average molecular weight is 293 g/mol. The van der Waals surface area contributed by atoms with Gasteiger partial charge in [0.15, 0.2) is 0 Å². The number of anilines is 1. The number of carbonyl (C=O) groups is 2. The first-order chi connectivity index (χ1) is 9.97. The highest BCUT2D eigenvalue weighted by Crippen LogP contribution is 2.15. The fourth-order valence-corrected chi connectivity index (χ4v) is 2.43. The molecule has 0 radical (unpaired) electrons. The lowest BCUT2D eigenvalue weighted by Gasteiger charge is -2.34. The van der Waals surface area contributed by atoms with E-state index in [1.807, 2.05) is 7.05 Å². The first-order valence-electron chi connectivity index (χ1n) is 6.99. The standard InChI is InChI=1S/C15H20FN3O2/c1-18-9-7-13(8-10-18)19(2)15(21)14(20)17-12-5-3-11(16)4-6-12/h3-6,13H,7-10H2,1-2H3,(H,17,20). The maximum Gasteiger partial charge on any atom is 0.313 e. The third-order valence-corrected chi connectivity index (χ3v) is 3.85. The van der Waals surface area contributed by atoms with E-state index in [9.17, 15) is 14.0 Å². The Bertz CT molecular complexity index is 510. The summed E-state index contributed by atoms with van der Waals surface area (Å²) in [7, 11) is 3.70. The molecule has 1 N–H and O–H groups in total. The lowest BCUT2D eigenvalue weighted by atomic mass is 10.0. The van der Waals surface area contributed by atoms with Crippen LogP contribution in [0.25, 0.3) is 0 Å². The van der Waals surface area contributed by atoms with Gasteiger partial charge in [0.1, 0.15) is 5.82 Å². The summed E-state index contributed by atoms with van der Waals surface area (Å²) in [5.74, 6) is -1.64. The molecule has 21 heavy (non-hydrogen) atoms. The van der Waals surface area contributed by atoms with Crippen molar-refractivity contribution in [3.05, 3.63) is 30.1 Å². The molecule has 0 saturated carbocycles. The van der Waals surface area contributed by atoms with E-state index in [0.717, 1.165) is 25.9 Å². The zero-order valence-electron chi connectivity index (χ0n) is 12.3. The van der Waals surface area contributed by atoms with E-state index in [2.05, 4.69) is 10.2 Å². The van der Waals surface area contributed by atoms with Gasteiger partial charge in [-0.05, 0) is 57.2 Å². The van der Waals surface area contributed by atoms with Crippen LogP contribution < -0.4 is 5.32 Å². The summed E-state index contributed by atoms with van der Waals surface area (Å²) >= 11 is 0. The van der Waals surface area contributed by atoms with E-state index in [-0.39, 0.29) is 11.9 Å². The molecule has 1 aromatic carbocycles. The van der Waals surface area contributed by atoms with Crippen LogP contribution in [0.1, 0.15) is 12.8 Å². The Labute approximate surface area is 123 Å². The van der Waals surface area contributed by atoms with Crippen molar-refractivity contribution < 1.29 is 14.0 Å². The minimum Gasteiger partial charge on any atom is -0.334 e. The number of hydrogen-bond acceptors (Lipinski definition) is 3. The van der Waals surface area contributed by atoms with Crippen LogP contribution in [0, 0.1) is 5.82 Å². The van der Waals surface area contributed by atoms with Crippen molar-refractivity contribution in [3.63, 3.8) is 0 Å². The molecule has 0 aromatic heterocycles. The second-order valence-corrected chi connectivity index (χ2v) is 5.41. The summed E-state index contributed by atoms with van der Waals surface area (Å²) in [6, 6.07) is 5.42. The zero-order valence-corrected chi connectivity index (χ0v) is 12.3. The van der Waals surface area contributed by atoms with Gasteiger partial charge in [-0.2, -0.15) is 0 Å². The smallest absolute Gasteiger partial charge is 0.313 e. The first kappa shape index (κ1) is 15.4. The number of hydrogen-bond donors (Lipinski definition) is 1. The number of nitrogens with one attached hydrogen (secondary N) is 1. The molecule has 0 unspecified atom stereocenters. The highest BCUT2D eigenvalue weighted by molar-refractivity contribution is 6.39. The molecule has 1 aromatic rings. The lowest BCUT2D eigenvalue weighted by molar-refractivity contribution is -0.144. The SMILES string of the molecule is CN1CCC(N(C)C(=O)C(=O)Nc2ccc(F)cc2)CC1. The summed E-state index contributed by atoms with van der Waals surface area (Å²) in [4.78, 5) is 27.8.